The van der Waals surface area contributed by atoms with Gasteiger partial charge in [-0.05, 0) is 24.1 Å². The molecule has 0 saturated carbocycles. The highest BCUT2D eigenvalue weighted by molar-refractivity contribution is 6.26. The molecule has 0 aliphatic carbocycles. The van der Waals surface area contributed by atoms with Crippen LogP contribution in [0.2, 0.25) is 0 Å². The second kappa shape index (κ2) is 6.95. The predicted molar refractivity (Wildman–Crippen MR) is 103 cm³/mol. The van der Waals surface area contributed by atoms with Crippen molar-refractivity contribution in [1.82, 2.24) is 0 Å². The Morgan fingerprint density at radius 2 is 1.57 bits per heavy atom. The largest absolute Gasteiger partial charge is 0.497 e. The number of benzene rings is 2. The van der Waals surface area contributed by atoms with Gasteiger partial charge in [0, 0.05) is 18.2 Å². The molecule has 2 aliphatic heterocycles. The standard InChI is InChI=1S/C20H20N4O4/c1-4-12-5-7-13(8-6-12)23-19(25)17-18(20(23)26)24(22-21-17)14-9-15(27-2)11-16(10-14)28-3/h5-11,17-18H,4H2,1-3H3/t17-,18+/m1/s1. The number of anilines is 2. The van der Waals surface area contributed by atoms with E-state index in [2.05, 4.69) is 10.3 Å². The van der Waals surface area contributed by atoms with E-state index in [9.17, 15) is 9.59 Å². The molecule has 0 aromatic heterocycles. The normalized spacial score (nSPS) is 20.7. The molecular weight excluding hydrogens is 360 g/mol. The van der Waals surface area contributed by atoms with Crippen molar-refractivity contribution in [3.63, 3.8) is 0 Å². The topological polar surface area (TPSA) is 83.8 Å². The molecule has 2 aliphatic rings. The lowest BCUT2D eigenvalue weighted by molar-refractivity contribution is -0.121. The van der Waals surface area contributed by atoms with Gasteiger partial charge in [-0.15, -0.1) is 0 Å². The fourth-order valence-corrected chi connectivity index (χ4v) is 3.43. The molecule has 8 nitrogen and oxygen atoms in total. The van der Waals surface area contributed by atoms with Crippen molar-refractivity contribution in [2.75, 3.05) is 24.1 Å². The fourth-order valence-electron chi connectivity index (χ4n) is 3.43. The molecule has 0 bridgehead atoms. The van der Waals surface area contributed by atoms with Gasteiger partial charge in [0.05, 0.1) is 25.6 Å². The van der Waals surface area contributed by atoms with Gasteiger partial charge in [-0.25, -0.2) is 9.91 Å². The number of ether oxygens (including phenoxy) is 2. The first kappa shape index (κ1) is 18.0. The van der Waals surface area contributed by atoms with E-state index in [-0.39, 0.29) is 11.8 Å². The lowest BCUT2D eigenvalue weighted by atomic mass is 10.1. The van der Waals surface area contributed by atoms with Crippen LogP contribution in [0.5, 0.6) is 11.5 Å². The molecule has 1 saturated heterocycles. The Labute approximate surface area is 162 Å². The summed E-state index contributed by atoms with van der Waals surface area (Å²) in [5.41, 5.74) is 2.24. The Hall–Kier alpha value is -3.42. The van der Waals surface area contributed by atoms with Gasteiger partial charge in [-0.3, -0.25) is 9.59 Å². The third-order valence-corrected chi connectivity index (χ3v) is 4.99. The van der Waals surface area contributed by atoms with Gasteiger partial charge < -0.3 is 9.47 Å². The molecule has 0 radical (unpaired) electrons. The first-order valence-corrected chi connectivity index (χ1v) is 8.97. The van der Waals surface area contributed by atoms with Crippen LogP contribution in [-0.4, -0.2) is 38.1 Å². The van der Waals surface area contributed by atoms with Crippen molar-refractivity contribution in [3.8, 4) is 11.5 Å². The van der Waals surface area contributed by atoms with E-state index in [1.165, 1.54) is 9.91 Å². The highest BCUT2D eigenvalue weighted by atomic mass is 16.5. The number of carbonyl (C=O) groups excluding carboxylic acids is 2. The van der Waals surface area contributed by atoms with Crippen LogP contribution >= 0.6 is 0 Å². The zero-order chi connectivity index (χ0) is 19.8. The number of amides is 2. The Bertz CT molecular complexity index is 935. The molecule has 4 rings (SSSR count). The van der Waals surface area contributed by atoms with E-state index >= 15 is 0 Å². The van der Waals surface area contributed by atoms with Crippen molar-refractivity contribution >= 4 is 23.2 Å². The minimum absolute atomic E-state index is 0.356. The van der Waals surface area contributed by atoms with Crippen molar-refractivity contribution in [3.05, 3.63) is 48.0 Å². The Balaban J connectivity index is 1.68. The van der Waals surface area contributed by atoms with Crippen LogP contribution < -0.4 is 19.4 Å². The second-order valence-electron chi connectivity index (χ2n) is 6.54. The highest BCUT2D eigenvalue weighted by Crippen LogP contribution is 2.37. The van der Waals surface area contributed by atoms with Crippen molar-refractivity contribution in [2.45, 2.75) is 25.4 Å². The number of imide groups is 1. The van der Waals surface area contributed by atoms with Crippen molar-refractivity contribution < 1.29 is 19.1 Å². The Morgan fingerprint density at radius 3 is 2.14 bits per heavy atom. The molecular formula is C20H20N4O4. The van der Waals surface area contributed by atoms with E-state index in [1.807, 2.05) is 19.1 Å². The monoisotopic (exact) mass is 380 g/mol. The predicted octanol–water partition coefficient (Wildman–Crippen LogP) is 2.76. The summed E-state index contributed by atoms with van der Waals surface area (Å²) in [6.07, 6.45) is 0.882. The summed E-state index contributed by atoms with van der Waals surface area (Å²) in [7, 11) is 3.08. The minimum Gasteiger partial charge on any atom is -0.497 e. The van der Waals surface area contributed by atoms with Gasteiger partial charge in [-0.1, -0.05) is 24.3 Å². The number of nitrogens with zero attached hydrogens (tertiary/aromatic N) is 4. The lowest BCUT2D eigenvalue weighted by Crippen LogP contribution is -2.39. The number of fused-ring (bicyclic) bond motifs is 1. The van der Waals surface area contributed by atoms with E-state index in [4.69, 9.17) is 9.47 Å². The number of methoxy groups -OCH3 is 2. The summed E-state index contributed by atoms with van der Waals surface area (Å²) < 4.78 is 10.6. The number of hydrogen-bond donors (Lipinski definition) is 0. The van der Waals surface area contributed by atoms with Crippen LogP contribution in [-0.2, 0) is 16.0 Å². The van der Waals surface area contributed by atoms with Crippen LogP contribution in [0.1, 0.15) is 12.5 Å². The van der Waals surface area contributed by atoms with E-state index < -0.39 is 12.1 Å². The number of carbonyl (C=O) groups is 2. The number of aryl methyl sites for hydroxylation is 1. The molecule has 0 N–H and O–H groups in total. The van der Waals surface area contributed by atoms with Crippen LogP contribution in [0, 0.1) is 0 Å². The molecule has 2 aromatic carbocycles. The van der Waals surface area contributed by atoms with E-state index in [1.54, 1.807) is 44.6 Å². The molecule has 144 valence electrons. The summed E-state index contributed by atoms with van der Waals surface area (Å²) >= 11 is 0. The molecule has 1 fully saturated rings. The van der Waals surface area contributed by atoms with Gasteiger partial charge in [0.25, 0.3) is 11.8 Å². The fraction of sp³-hybridized carbons (Fsp3) is 0.300. The molecule has 2 amide bonds. The average molecular weight is 380 g/mol. The molecule has 2 heterocycles. The van der Waals surface area contributed by atoms with Gasteiger partial charge in [0.1, 0.15) is 11.5 Å². The first-order valence-electron chi connectivity index (χ1n) is 8.97. The summed E-state index contributed by atoms with van der Waals surface area (Å²) in [6, 6.07) is 10.9. The molecule has 0 spiro atoms. The summed E-state index contributed by atoms with van der Waals surface area (Å²) in [5.74, 6) is 0.375. The summed E-state index contributed by atoms with van der Waals surface area (Å²) in [4.78, 5) is 27.2. The third-order valence-electron chi connectivity index (χ3n) is 4.99. The Morgan fingerprint density at radius 1 is 0.929 bits per heavy atom. The molecule has 28 heavy (non-hydrogen) atoms. The Kier molecular flexibility index (Phi) is 4.46. The van der Waals surface area contributed by atoms with Crippen molar-refractivity contribution in [2.24, 2.45) is 10.3 Å². The van der Waals surface area contributed by atoms with Gasteiger partial charge in [0.2, 0.25) is 0 Å². The zero-order valence-electron chi connectivity index (χ0n) is 15.8. The van der Waals surface area contributed by atoms with Crippen LogP contribution in [0.15, 0.2) is 52.8 Å². The van der Waals surface area contributed by atoms with Crippen LogP contribution in [0.4, 0.5) is 11.4 Å². The van der Waals surface area contributed by atoms with Gasteiger partial charge >= 0.3 is 0 Å². The summed E-state index contributed by atoms with van der Waals surface area (Å²) in [5, 5.41) is 9.60. The van der Waals surface area contributed by atoms with Crippen LogP contribution in [0.3, 0.4) is 0 Å². The maximum absolute atomic E-state index is 13.1. The third kappa shape index (κ3) is 2.77. The SMILES string of the molecule is CCc1ccc(N2C(=O)[C@@H]3[C@@H](N=NN3c3cc(OC)cc(OC)c3)C2=O)cc1. The zero-order valence-corrected chi connectivity index (χ0v) is 15.8. The molecule has 2 atom stereocenters. The van der Waals surface area contributed by atoms with Gasteiger partial charge in [0.15, 0.2) is 12.1 Å². The molecule has 0 unspecified atom stereocenters. The maximum atomic E-state index is 13.1. The molecule has 2 aromatic rings. The quantitative estimate of drug-likeness (QED) is 0.745. The average Bonchev–Trinajstić information content (AvgIpc) is 3.28. The second-order valence-corrected chi connectivity index (χ2v) is 6.54. The maximum Gasteiger partial charge on any atom is 0.263 e. The summed E-state index contributed by atoms with van der Waals surface area (Å²) in [6.45, 7) is 2.05. The van der Waals surface area contributed by atoms with Gasteiger partial charge in [-0.2, -0.15) is 5.11 Å². The lowest BCUT2D eigenvalue weighted by Gasteiger charge is -2.21. The molecule has 8 heteroatoms. The highest BCUT2D eigenvalue weighted by Gasteiger charge is 2.55. The van der Waals surface area contributed by atoms with E-state index in [0.717, 1.165) is 12.0 Å². The number of hydrogen-bond acceptors (Lipinski definition) is 7. The van der Waals surface area contributed by atoms with E-state index in [0.29, 0.717) is 22.9 Å². The minimum atomic E-state index is -0.865. The van der Waals surface area contributed by atoms with Crippen LogP contribution in [0.25, 0.3) is 0 Å². The van der Waals surface area contributed by atoms with Crippen molar-refractivity contribution in [1.29, 1.82) is 0 Å². The number of rotatable bonds is 5. The smallest absolute Gasteiger partial charge is 0.263 e. The first-order chi connectivity index (χ1) is 13.6.